The highest BCUT2D eigenvalue weighted by Crippen LogP contribution is 2.32. The molecule has 0 saturated carbocycles. The predicted octanol–water partition coefficient (Wildman–Crippen LogP) is 3.52. The third kappa shape index (κ3) is 4.24. The van der Waals surface area contributed by atoms with Gasteiger partial charge < -0.3 is 4.74 Å². The van der Waals surface area contributed by atoms with Gasteiger partial charge in [-0.05, 0) is 18.1 Å². The van der Waals surface area contributed by atoms with Crippen molar-refractivity contribution in [1.29, 1.82) is 0 Å². The molecule has 0 amide bonds. The van der Waals surface area contributed by atoms with Crippen molar-refractivity contribution < 1.29 is 14.5 Å². The monoisotopic (exact) mass is 283 g/mol. The van der Waals surface area contributed by atoms with E-state index in [4.69, 9.17) is 0 Å². The van der Waals surface area contributed by atoms with Gasteiger partial charge in [-0.2, -0.15) is 0 Å². The maximum Gasteiger partial charge on any atom is 0.337 e. The molecule has 1 unspecified atom stereocenters. The Balaban J connectivity index is 3.01. The number of nitro groups is 1. The molecule has 0 aliphatic heterocycles. The van der Waals surface area contributed by atoms with Crippen molar-refractivity contribution in [1.82, 2.24) is 0 Å². The van der Waals surface area contributed by atoms with Crippen molar-refractivity contribution in [2.75, 3.05) is 12.9 Å². The third-order valence-electron chi connectivity index (χ3n) is 2.80. The van der Waals surface area contributed by atoms with Gasteiger partial charge in [0.2, 0.25) is 0 Å². The number of benzene rings is 1. The van der Waals surface area contributed by atoms with E-state index in [9.17, 15) is 14.9 Å². The van der Waals surface area contributed by atoms with Crippen molar-refractivity contribution in [2.24, 2.45) is 5.92 Å². The Morgan fingerprint density at radius 2 is 2.21 bits per heavy atom. The van der Waals surface area contributed by atoms with E-state index in [1.54, 1.807) is 0 Å². The van der Waals surface area contributed by atoms with E-state index in [0.29, 0.717) is 16.4 Å². The number of esters is 1. The normalized spacial score (nSPS) is 11.9. The van der Waals surface area contributed by atoms with Gasteiger partial charge in [-0.1, -0.05) is 20.3 Å². The van der Waals surface area contributed by atoms with Crippen LogP contribution in [-0.2, 0) is 4.74 Å². The first-order valence-corrected chi connectivity index (χ1v) is 6.97. The molecule has 1 atom stereocenters. The van der Waals surface area contributed by atoms with Crippen LogP contribution in [0, 0.1) is 16.0 Å². The van der Waals surface area contributed by atoms with Gasteiger partial charge in [0.1, 0.15) is 0 Å². The van der Waals surface area contributed by atoms with Gasteiger partial charge in [-0.15, -0.1) is 11.8 Å². The fraction of sp³-hybridized carbons (Fsp3) is 0.462. The van der Waals surface area contributed by atoms with Crippen LogP contribution in [0.1, 0.15) is 30.6 Å². The lowest BCUT2D eigenvalue weighted by atomic mass is 10.2. The van der Waals surface area contributed by atoms with Gasteiger partial charge in [0.15, 0.2) is 0 Å². The van der Waals surface area contributed by atoms with E-state index in [1.165, 1.54) is 37.1 Å². The zero-order valence-corrected chi connectivity index (χ0v) is 12.0. The highest BCUT2D eigenvalue weighted by atomic mass is 32.2. The minimum atomic E-state index is -0.486. The second-order valence-electron chi connectivity index (χ2n) is 4.26. The number of hydrogen-bond acceptors (Lipinski definition) is 5. The Bertz CT molecular complexity index is 476. The predicted molar refractivity (Wildman–Crippen MR) is 74.6 cm³/mol. The highest BCUT2D eigenvalue weighted by molar-refractivity contribution is 7.99. The number of methoxy groups -OCH3 is 1. The number of rotatable bonds is 6. The summed E-state index contributed by atoms with van der Waals surface area (Å²) < 4.78 is 4.62. The molecule has 1 rings (SSSR count). The molecule has 1 aromatic carbocycles. The standard InChI is InChI=1S/C13H17NO4S/c1-4-9(2)8-19-12-7-10(13(15)18-3)5-6-11(12)14(16)17/h5-7,9H,4,8H2,1-3H3. The molecule has 0 radical (unpaired) electrons. The fourth-order valence-corrected chi connectivity index (χ4v) is 2.58. The molecule has 0 aliphatic rings. The van der Waals surface area contributed by atoms with E-state index in [0.717, 1.165) is 12.2 Å². The molecule has 0 saturated heterocycles. The number of thioether (sulfide) groups is 1. The van der Waals surface area contributed by atoms with Gasteiger partial charge in [0.05, 0.1) is 22.5 Å². The van der Waals surface area contributed by atoms with Crippen LogP contribution in [0.5, 0.6) is 0 Å². The third-order valence-corrected chi connectivity index (χ3v) is 4.17. The van der Waals surface area contributed by atoms with Crippen LogP contribution in [0.2, 0.25) is 0 Å². The highest BCUT2D eigenvalue weighted by Gasteiger charge is 2.18. The Morgan fingerprint density at radius 1 is 1.53 bits per heavy atom. The van der Waals surface area contributed by atoms with E-state index in [2.05, 4.69) is 18.6 Å². The SMILES string of the molecule is CCC(C)CSc1cc(C(=O)OC)ccc1[N+](=O)[O-]. The average molecular weight is 283 g/mol. The number of hydrogen-bond donors (Lipinski definition) is 0. The molecule has 104 valence electrons. The number of ether oxygens (including phenoxy) is 1. The van der Waals surface area contributed by atoms with Crippen LogP contribution in [-0.4, -0.2) is 23.8 Å². The summed E-state index contributed by atoms with van der Waals surface area (Å²) in [5.74, 6) is 0.758. The molecule has 0 aromatic heterocycles. The first-order chi connectivity index (χ1) is 8.99. The van der Waals surface area contributed by atoms with Crippen molar-refractivity contribution in [2.45, 2.75) is 25.2 Å². The minimum Gasteiger partial charge on any atom is -0.465 e. The molecule has 0 bridgehead atoms. The summed E-state index contributed by atoms with van der Waals surface area (Å²) in [5, 5.41) is 11.0. The van der Waals surface area contributed by atoms with Crippen LogP contribution < -0.4 is 0 Å². The lowest BCUT2D eigenvalue weighted by Gasteiger charge is -2.09. The summed E-state index contributed by atoms with van der Waals surface area (Å²) in [6.07, 6.45) is 1.01. The Kier molecular flexibility index (Phi) is 5.82. The summed E-state index contributed by atoms with van der Waals surface area (Å²) >= 11 is 1.40. The van der Waals surface area contributed by atoms with Gasteiger partial charge >= 0.3 is 5.97 Å². The lowest BCUT2D eigenvalue weighted by Crippen LogP contribution is -2.03. The molecule has 0 heterocycles. The van der Waals surface area contributed by atoms with Crippen molar-refractivity contribution in [3.05, 3.63) is 33.9 Å². The smallest absolute Gasteiger partial charge is 0.337 e. The second-order valence-corrected chi connectivity index (χ2v) is 5.32. The molecule has 0 N–H and O–H groups in total. The molecular weight excluding hydrogens is 266 g/mol. The Morgan fingerprint density at radius 3 is 2.74 bits per heavy atom. The Labute approximate surface area is 116 Å². The van der Waals surface area contributed by atoms with Crippen molar-refractivity contribution in [3.8, 4) is 0 Å². The zero-order valence-electron chi connectivity index (χ0n) is 11.2. The molecule has 5 nitrogen and oxygen atoms in total. The van der Waals surface area contributed by atoms with Crippen molar-refractivity contribution >= 4 is 23.4 Å². The fourth-order valence-electron chi connectivity index (χ4n) is 1.38. The second kappa shape index (κ2) is 7.13. The lowest BCUT2D eigenvalue weighted by molar-refractivity contribution is -0.387. The first kappa shape index (κ1) is 15.5. The molecule has 0 spiro atoms. The summed E-state index contributed by atoms with van der Waals surface area (Å²) in [4.78, 5) is 22.5. The molecule has 19 heavy (non-hydrogen) atoms. The Hall–Kier alpha value is -1.56. The van der Waals surface area contributed by atoms with E-state index >= 15 is 0 Å². The van der Waals surface area contributed by atoms with Crippen LogP contribution >= 0.6 is 11.8 Å². The van der Waals surface area contributed by atoms with Gasteiger partial charge in [0.25, 0.3) is 5.69 Å². The maximum absolute atomic E-state index is 11.4. The van der Waals surface area contributed by atoms with E-state index < -0.39 is 10.9 Å². The summed E-state index contributed by atoms with van der Waals surface area (Å²) in [6, 6.07) is 4.29. The molecule has 6 heteroatoms. The van der Waals surface area contributed by atoms with E-state index in [-0.39, 0.29) is 5.69 Å². The van der Waals surface area contributed by atoms with Gasteiger partial charge in [-0.3, -0.25) is 10.1 Å². The quantitative estimate of drug-likeness (QED) is 0.346. The molecule has 1 aromatic rings. The number of carbonyl (C=O) groups is 1. The zero-order chi connectivity index (χ0) is 14.4. The first-order valence-electron chi connectivity index (χ1n) is 5.99. The van der Waals surface area contributed by atoms with Gasteiger partial charge in [-0.25, -0.2) is 4.79 Å². The summed E-state index contributed by atoms with van der Waals surface area (Å²) in [5.41, 5.74) is 0.362. The largest absolute Gasteiger partial charge is 0.465 e. The summed E-state index contributed by atoms with van der Waals surface area (Å²) in [6.45, 7) is 4.16. The maximum atomic E-state index is 11.4. The van der Waals surface area contributed by atoms with Gasteiger partial charge in [0, 0.05) is 11.8 Å². The average Bonchev–Trinajstić information content (AvgIpc) is 2.43. The minimum absolute atomic E-state index is 0.0287. The topological polar surface area (TPSA) is 69.4 Å². The number of nitro benzene ring substituents is 1. The molecule has 0 aliphatic carbocycles. The summed E-state index contributed by atoms with van der Waals surface area (Å²) in [7, 11) is 1.29. The number of carbonyl (C=O) groups excluding carboxylic acids is 1. The van der Waals surface area contributed by atoms with Crippen LogP contribution in [0.25, 0.3) is 0 Å². The molecule has 0 fully saturated rings. The van der Waals surface area contributed by atoms with E-state index in [1.807, 2.05) is 0 Å². The molecular formula is C13H17NO4S. The van der Waals surface area contributed by atoms with Crippen LogP contribution in [0.3, 0.4) is 0 Å². The number of nitrogens with zero attached hydrogens (tertiary/aromatic N) is 1. The van der Waals surface area contributed by atoms with Crippen molar-refractivity contribution in [3.63, 3.8) is 0 Å². The van der Waals surface area contributed by atoms with Crippen LogP contribution in [0.4, 0.5) is 5.69 Å². The van der Waals surface area contributed by atoms with Crippen LogP contribution in [0.15, 0.2) is 23.1 Å².